The molecule has 0 bridgehead atoms. The number of carbonyl (C=O) groups excluding carboxylic acids is 3. The van der Waals surface area contributed by atoms with Gasteiger partial charge < -0.3 is 14.2 Å². The highest BCUT2D eigenvalue weighted by Crippen LogP contribution is 2.12. The van der Waals surface area contributed by atoms with Crippen molar-refractivity contribution in [1.29, 1.82) is 0 Å². The number of esters is 3. The molecule has 0 heterocycles. The Morgan fingerprint density at radius 1 is 0.375 bits per heavy atom. The van der Waals surface area contributed by atoms with Gasteiger partial charge in [0.1, 0.15) is 13.2 Å². The Morgan fingerprint density at radius 2 is 0.714 bits per heavy atom. The molecule has 0 aliphatic carbocycles. The molecule has 0 amide bonds. The van der Waals surface area contributed by atoms with E-state index in [1.165, 1.54) is 38.5 Å². The van der Waals surface area contributed by atoms with Crippen LogP contribution in [0.5, 0.6) is 0 Å². The van der Waals surface area contributed by atoms with Gasteiger partial charge in [-0.1, -0.05) is 182 Å². The largest absolute Gasteiger partial charge is 0.462 e. The van der Waals surface area contributed by atoms with Gasteiger partial charge in [0.05, 0.1) is 0 Å². The Morgan fingerprint density at radius 3 is 1.16 bits per heavy atom. The van der Waals surface area contributed by atoms with Crippen molar-refractivity contribution in [2.24, 2.45) is 0 Å². The van der Waals surface area contributed by atoms with Gasteiger partial charge in [-0.25, -0.2) is 0 Å². The third-order valence-corrected chi connectivity index (χ3v) is 8.96. The molecule has 316 valence electrons. The fraction of sp³-hybridized carbons (Fsp3) is 0.620. The molecule has 0 N–H and O–H groups in total. The number of allylic oxidation sites excluding steroid dienone is 16. The second-order valence-corrected chi connectivity index (χ2v) is 14.3. The van der Waals surface area contributed by atoms with Crippen LogP contribution in [0.15, 0.2) is 97.2 Å². The average molecular weight is 777 g/mol. The van der Waals surface area contributed by atoms with Gasteiger partial charge in [-0.15, -0.1) is 0 Å². The Balaban J connectivity index is 4.49. The summed E-state index contributed by atoms with van der Waals surface area (Å²) in [4.78, 5) is 37.7. The van der Waals surface area contributed by atoms with Crippen LogP contribution >= 0.6 is 0 Å². The predicted molar refractivity (Wildman–Crippen MR) is 237 cm³/mol. The summed E-state index contributed by atoms with van der Waals surface area (Å²) in [5.41, 5.74) is 0. The van der Waals surface area contributed by atoms with E-state index < -0.39 is 6.10 Å². The molecule has 0 aromatic carbocycles. The minimum absolute atomic E-state index is 0.105. The molecular weight excluding hydrogens is 697 g/mol. The molecule has 56 heavy (non-hydrogen) atoms. The van der Waals surface area contributed by atoms with E-state index in [0.717, 1.165) is 96.3 Å². The molecule has 0 radical (unpaired) electrons. The lowest BCUT2D eigenvalue weighted by molar-refractivity contribution is -0.167. The van der Waals surface area contributed by atoms with E-state index in [4.69, 9.17) is 14.2 Å². The molecule has 0 fully saturated rings. The van der Waals surface area contributed by atoms with Crippen LogP contribution in [0, 0.1) is 0 Å². The van der Waals surface area contributed by atoms with Crippen molar-refractivity contribution in [1.82, 2.24) is 0 Å². The molecular formula is C50H80O6. The molecule has 0 aromatic heterocycles. The number of rotatable bonds is 38. The molecule has 0 saturated carbocycles. The first-order valence-electron chi connectivity index (χ1n) is 22.3. The first kappa shape index (κ1) is 52.3. The lowest BCUT2D eigenvalue weighted by Crippen LogP contribution is -2.30. The second-order valence-electron chi connectivity index (χ2n) is 14.3. The zero-order valence-corrected chi connectivity index (χ0v) is 35.9. The van der Waals surface area contributed by atoms with Crippen molar-refractivity contribution in [3.8, 4) is 0 Å². The van der Waals surface area contributed by atoms with Crippen LogP contribution in [0.2, 0.25) is 0 Å². The maximum atomic E-state index is 12.7. The SMILES string of the molecule is CC\C=C/C=C\C=C/C=C\CCCCCC(=O)OC(COC(=O)CCCCCC/C=C\CCCC)COC(=O)CCCCCCCCC\C=C/C=C\C=C/CC. The third kappa shape index (κ3) is 41.5. The standard InChI is InChI=1S/C50H80O6/c1-4-7-10-13-16-19-22-24-25-27-28-31-34-37-40-43-49(52)55-46-47(45-54-48(51)42-39-36-33-30-21-18-15-12-9-6-3)56-50(53)44-41-38-35-32-29-26-23-20-17-14-11-8-5-2/h7-8,10-11,13-20,22-23,26,29,47H,4-6,9,12,21,24-25,27-28,30-46H2,1-3H3/b10-7-,11-8-,16-13-,17-14-,18-15-,22-19-,23-20-,29-26-. The van der Waals surface area contributed by atoms with E-state index >= 15 is 0 Å². The molecule has 1 unspecified atom stereocenters. The minimum atomic E-state index is -0.806. The summed E-state index contributed by atoms with van der Waals surface area (Å²) in [6, 6.07) is 0. The van der Waals surface area contributed by atoms with Crippen molar-refractivity contribution >= 4 is 17.9 Å². The van der Waals surface area contributed by atoms with Crippen LogP contribution in [0.3, 0.4) is 0 Å². The molecule has 0 saturated heterocycles. The fourth-order valence-electron chi connectivity index (χ4n) is 5.61. The van der Waals surface area contributed by atoms with Crippen LogP contribution in [0.1, 0.15) is 181 Å². The summed E-state index contributed by atoms with van der Waals surface area (Å²) in [7, 11) is 0. The van der Waals surface area contributed by atoms with Gasteiger partial charge in [0.25, 0.3) is 0 Å². The zero-order valence-electron chi connectivity index (χ0n) is 35.9. The second kappa shape index (κ2) is 44.0. The summed E-state index contributed by atoms with van der Waals surface area (Å²) < 4.78 is 16.6. The maximum Gasteiger partial charge on any atom is 0.306 e. The van der Waals surface area contributed by atoms with Crippen LogP contribution in [0.25, 0.3) is 0 Å². The number of hydrogen-bond acceptors (Lipinski definition) is 6. The van der Waals surface area contributed by atoms with E-state index in [9.17, 15) is 14.4 Å². The third-order valence-electron chi connectivity index (χ3n) is 8.96. The fourth-order valence-corrected chi connectivity index (χ4v) is 5.61. The molecule has 0 aliphatic heterocycles. The van der Waals surface area contributed by atoms with Crippen molar-refractivity contribution in [2.75, 3.05) is 13.2 Å². The monoisotopic (exact) mass is 777 g/mol. The van der Waals surface area contributed by atoms with Crippen LogP contribution in [-0.2, 0) is 28.6 Å². The molecule has 1 atom stereocenters. The van der Waals surface area contributed by atoms with Crippen LogP contribution in [-0.4, -0.2) is 37.2 Å². The molecule has 0 rings (SSSR count). The highest BCUT2D eigenvalue weighted by atomic mass is 16.6. The van der Waals surface area contributed by atoms with E-state index in [1.54, 1.807) is 0 Å². The minimum Gasteiger partial charge on any atom is -0.462 e. The smallest absolute Gasteiger partial charge is 0.306 e. The van der Waals surface area contributed by atoms with Crippen molar-refractivity contribution in [3.05, 3.63) is 97.2 Å². The van der Waals surface area contributed by atoms with Gasteiger partial charge in [-0.3, -0.25) is 14.4 Å². The molecule has 0 aromatic rings. The van der Waals surface area contributed by atoms with Gasteiger partial charge in [0.15, 0.2) is 6.10 Å². The summed E-state index contributed by atoms with van der Waals surface area (Å²) in [5.74, 6) is -0.982. The highest BCUT2D eigenvalue weighted by molar-refractivity contribution is 5.71. The van der Waals surface area contributed by atoms with Crippen molar-refractivity contribution in [2.45, 2.75) is 187 Å². The summed E-state index contributed by atoms with van der Waals surface area (Å²) >= 11 is 0. The molecule has 6 nitrogen and oxygen atoms in total. The van der Waals surface area contributed by atoms with Gasteiger partial charge >= 0.3 is 17.9 Å². The predicted octanol–water partition coefficient (Wildman–Crippen LogP) is 14.2. The van der Waals surface area contributed by atoms with Crippen LogP contribution in [0.4, 0.5) is 0 Å². The van der Waals surface area contributed by atoms with E-state index in [1.807, 2.05) is 36.5 Å². The Hall–Kier alpha value is -3.67. The Bertz CT molecular complexity index is 1170. The quantitative estimate of drug-likeness (QED) is 0.0204. The number of unbranched alkanes of at least 4 members (excludes halogenated alkanes) is 16. The van der Waals surface area contributed by atoms with Gasteiger partial charge in [-0.05, 0) is 77.0 Å². The first-order valence-corrected chi connectivity index (χ1v) is 22.3. The van der Waals surface area contributed by atoms with Crippen molar-refractivity contribution in [3.63, 3.8) is 0 Å². The Kier molecular flexibility index (Phi) is 41.2. The summed E-state index contributed by atoms with van der Waals surface area (Å²) in [6.45, 7) is 6.23. The lowest BCUT2D eigenvalue weighted by atomic mass is 10.1. The number of ether oxygens (including phenoxy) is 3. The zero-order chi connectivity index (χ0) is 40.8. The first-order chi connectivity index (χ1) is 27.5. The Labute approximate surface area is 343 Å². The maximum absolute atomic E-state index is 12.7. The topological polar surface area (TPSA) is 78.9 Å². The number of hydrogen-bond donors (Lipinski definition) is 0. The highest BCUT2D eigenvalue weighted by Gasteiger charge is 2.19. The molecule has 0 spiro atoms. The van der Waals surface area contributed by atoms with E-state index in [2.05, 4.69) is 81.5 Å². The summed E-state index contributed by atoms with van der Waals surface area (Å²) in [5, 5.41) is 0. The van der Waals surface area contributed by atoms with E-state index in [-0.39, 0.29) is 37.5 Å². The van der Waals surface area contributed by atoms with Crippen molar-refractivity contribution < 1.29 is 28.6 Å². The average Bonchev–Trinajstić information content (AvgIpc) is 3.19. The lowest BCUT2D eigenvalue weighted by Gasteiger charge is -2.18. The summed E-state index contributed by atoms with van der Waals surface area (Å²) in [6.07, 6.45) is 56.8. The van der Waals surface area contributed by atoms with Crippen LogP contribution < -0.4 is 0 Å². The van der Waals surface area contributed by atoms with E-state index in [0.29, 0.717) is 19.3 Å². The normalized spacial score (nSPS) is 13.0. The molecule has 0 aliphatic rings. The number of carbonyl (C=O) groups is 3. The van der Waals surface area contributed by atoms with Gasteiger partial charge in [-0.2, -0.15) is 0 Å². The van der Waals surface area contributed by atoms with Gasteiger partial charge in [0.2, 0.25) is 0 Å². The van der Waals surface area contributed by atoms with Gasteiger partial charge in [0, 0.05) is 19.3 Å². The molecule has 6 heteroatoms.